The molecular weight excluding hydrogens is 1440 g/mol. The molecule has 2 atom stereocenters. The molecule has 0 radical (unpaired) electrons. The van der Waals surface area contributed by atoms with Crippen molar-refractivity contribution in [1.82, 2.24) is 82.9 Å². The molecule has 2 saturated heterocycles. The van der Waals surface area contributed by atoms with Crippen molar-refractivity contribution in [1.29, 1.82) is 0 Å². The van der Waals surface area contributed by atoms with E-state index in [2.05, 4.69) is 161 Å². The highest BCUT2D eigenvalue weighted by atomic mass is 79.9. The summed E-state index contributed by atoms with van der Waals surface area (Å²) < 4.78 is 23.6. The number of hydrogen-bond donors (Lipinski definition) is 1. The molecule has 12 aromatic rings. The van der Waals surface area contributed by atoms with Gasteiger partial charge in [-0.3, -0.25) is 0 Å². The Morgan fingerprint density at radius 3 is 1.25 bits per heavy atom. The molecule has 1 N–H and O–H groups in total. The van der Waals surface area contributed by atoms with Gasteiger partial charge in [-0.1, -0.05) is 20.8 Å². The highest BCUT2D eigenvalue weighted by Crippen LogP contribution is 2.40. The SMILES string of the molecule is BrB(Br)Br.CCc1cc(C)nc2c(-c3ccc(-n4cccn4)cc3O)c(C)nn12.CCc1cc(C)nc2c(-c3ccc(-n4cccn4)cc3OC)c(C)nn12.CCc1cc(C)nc2c(-c3ccc(-n4cccn4)cc3OCCC3CCCN3C)c(C)nn12.CN1CCCC1CCCl. The molecule has 9 aromatic heterocycles. The monoisotopic (exact) mass is 1520 g/mol. The maximum atomic E-state index is 10.6. The maximum absolute atomic E-state index is 10.6. The number of phenolic OH excluding ortho intramolecular Hbond substituents is 1. The molecule has 2 aliphatic heterocycles. The second kappa shape index (κ2) is 33.2. The largest absolute Gasteiger partial charge is 0.507 e. The average Bonchev–Trinajstić information content (AvgIpc) is 1.60. The van der Waals surface area contributed by atoms with Crippen LogP contribution in [0.25, 0.3) is 67.4 Å². The summed E-state index contributed by atoms with van der Waals surface area (Å²) in [6, 6.07) is 31.2. The van der Waals surface area contributed by atoms with Gasteiger partial charge in [0, 0.05) is 124 Å². The van der Waals surface area contributed by atoms with E-state index in [0.717, 1.165) is 174 Å². The van der Waals surface area contributed by atoms with Gasteiger partial charge >= 0.3 is 3.18 Å². The summed E-state index contributed by atoms with van der Waals surface area (Å²) in [7, 11) is 6.08. The molecule has 14 rings (SSSR count). The van der Waals surface area contributed by atoms with Gasteiger partial charge in [0.15, 0.2) is 16.9 Å². The molecular formula is C72H86BBr3ClN17O3. The molecule has 3 aromatic carbocycles. The van der Waals surface area contributed by atoms with Gasteiger partial charge < -0.3 is 24.4 Å². The second-order valence-corrected chi connectivity index (χ2v) is 31.2. The number of alkyl halides is 1. The Morgan fingerprint density at radius 2 is 0.897 bits per heavy atom. The van der Waals surface area contributed by atoms with Crippen LogP contribution in [0.3, 0.4) is 0 Å². The molecule has 0 aliphatic carbocycles. The third kappa shape index (κ3) is 16.9. The lowest BCUT2D eigenvalue weighted by Gasteiger charge is -2.20. The van der Waals surface area contributed by atoms with Crippen LogP contribution in [0.4, 0.5) is 0 Å². The van der Waals surface area contributed by atoms with Gasteiger partial charge in [0.05, 0.1) is 64.6 Å². The summed E-state index contributed by atoms with van der Waals surface area (Å²) in [4.78, 5) is 19.1. The van der Waals surface area contributed by atoms with E-state index in [1.54, 1.807) is 36.4 Å². The summed E-state index contributed by atoms with van der Waals surface area (Å²) in [5.41, 5.74) is 20.0. The number of likely N-dealkylation sites (tertiary alicyclic amines) is 2. The predicted octanol–water partition coefficient (Wildman–Crippen LogP) is 15.7. The Kier molecular flexibility index (Phi) is 24.7. The second-order valence-electron chi connectivity index (χ2n) is 24.3. The number of benzene rings is 3. The topological polar surface area (TPSA) is 189 Å². The van der Waals surface area contributed by atoms with Crippen LogP contribution in [-0.2, 0) is 19.3 Å². The standard InChI is InChI=1S/C26H32N6O.C20H21N5O.C19H19N5O.C7H14ClN.BBr3/c1-5-20-16-18(2)28-26-25(19(3)29-32(20)26)23-10-9-22(31-14-7-12-27-31)17-24(23)33-15-11-21-8-6-13-30(21)4;1-5-15-11-13(2)22-20-19(14(3)23-25(15)20)17-8-7-16(12-18(17)26-4)24-10-6-9-21-24;1-4-14-10-12(2)21-19-18(13(3)22-24(14)19)16-7-6-15(11-17(16)25)23-9-5-8-20-23;1-9-6-2-3-7(9)4-5-8;2-1(3)4/h7,9-10,12,14,16-17,21H,5-6,8,11,13,15H2,1-4H3;6-12H,5H2,1-4H3;5-11,25H,4H2,1-3H3;7H,2-6H2,1H3;. The average molecular weight is 1520 g/mol. The van der Waals surface area contributed by atoms with Crippen LogP contribution in [0, 0.1) is 41.5 Å². The van der Waals surface area contributed by atoms with Crippen molar-refractivity contribution in [3.8, 4) is 67.7 Å². The smallest absolute Gasteiger partial charge is 0.369 e. The first kappa shape index (κ1) is 72.0. The molecule has 0 spiro atoms. The first-order chi connectivity index (χ1) is 46.8. The number of halogens is 4. The van der Waals surface area contributed by atoms with Crippen LogP contribution in [0.1, 0.15) is 111 Å². The number of ether oxygens (including phenoxy) is 2. The minimum atomic E-state index is 0.187. The minimum absolute atomic E-state index is 0.187. The third-order valence-electron chi connectivity index (χ3n) is 17.7. The molecule has 2 fully saturated rings. The first-order valence-electron chi connectivity index (χ1n) is 33.1. The number of nitrogens with zero attached hydrogens (tertiary/aromatic N) is 17. The van der Waals surface area contributed by atoms with Crippen molar-refractivity contribution in [3.63, 3.8) is 0 Å². The fourth-order valence-corrected chi connectivity index (χ4v) is 13.2. The Balaban J connectivity index is 0.000000146. The minimum Gasteiger partial charge on any atom is -0.507 e. The van der Waals surface area contributed by atoms with Crippen molar-refractivity contribution in [2.75, 3.05) is 46.8 Å². The normalized spacial score (nSPS) is 14.6. The Labute approximate surface area is 598 Å². The molecule has 2 unspecified atom stereocenters. The van der Waals surface area contributed by atoms with Crippen molar-refractivity contribution in [2.45, 2.75) is 132 Å². The lowest BCUT2D eigenvalue weighted by atomic mass is 10.0. The van der Waals surface area contributed by atoms with Gasteiger partial charge in [-0.15, -0.1) is 58.9 Å². The molecule has 0 bridgehead atoms. The third-order valence-corrected chi connectivity index (χ3v) is 17.9. The van der Waals surface area contributed by atoms with Crippen LogP contribution in [0.15, 0.2) is 128 Å². The molecule has 2 aliphatic rings. The number of rotatable bonds is 16. The zero-order valence-electron chi connectivity index (χ0n) is 57.4. The number of fused-ring (bicyclic) bond motifs is 3. The molecule has 20 nitrogen and oxygen atoms in total. The van der Waals surface area contributed by atoms with E-state index in [9.17, 15) is 5.11 Å². The summed E-state index contributed by atoms with van der Waals surface area (Å²) in [5, 5.41) is 37.7. The van der Waals surface area contributed by atoms with E-state index in [0.29, 0.717) is 12.6 Å². The van der Waals surface area contributed by atoms with Crippen LogP contribution < -0.4 is 9.47 Å². The number of aromatic hydroxyl groups is 1. The van der Waals surface area contributed by atoms with Crippen LogP contribution in [0.5, 0.6) is 17.2 Å². The Bertz CT molecular complexity index is 4570. The van der Waals surface area contributed by atoms with E-state index in [1.807, 2.05) is 125 Å². The van der Waals surface area contributed by atoms with Gasteiger partial charge in [0.1, 0.15) is 17.2 Å². The summed E-state index contributed by atoms with van der Waals surface area (Å²) in [6.45, 7) is 21.5. The van der Waals surface area contributed by atoms with Crippen molar-refractivity contribution < 1.29 is 14.6 Å². The lowest BCUT2D eigenvalue weighted by Crippen LogP contribution is -2.26. The molecule has 0 saturated carbocycles. The van der Waals surface area contributed by atoms with E-state index in [1.165, 1.54) is 38.8 Å². The van der Waals surface area contributed by atoms with E-state index in [4.69, 9.17) is 41.2 Å². The highest BCUT2D eigenvalue weighted by molar-refractivity contribution is 9.69. The van der Waals surface area contributed by atoms with E-state index >= 15 is 0 Å². The van der Waals surface area contributed by atoms with Gasteiger partial charge in [0.2, 0.25) is 0 Å². The number of hydrogen-bond acceptors (Lipinski definition) is 14. The fraction of sp³-hybridized carbons (Fsp3) is 0.375. The molecule has 11 heterocycles. The van der Waals surface area contributed by atoms with E-state index < -0.39 is 0 Å². The number of methoxy groups -OCH3 is 1. The van der Waals surface area contributed by atoms with Crippen molar-refractivity contribution in [3.05, 3.63) is 179 Å². The number of aryl methyl sites for hydroxylation is 9. The summed E-state index contributed by atoms with van der Waals surface area (Å²) in [5.74, 6) is 2.63. The van der Waals surface area contributed by atoms with Crippen molar-refractivity contribution in [2.24, 2.45) is 0 Å². The first-order valence-corrected chi connectivity index (χ1v) is 36.4. The molecule has 508 valence electrons. The lowest BCUT2D eigenvalue weighted by molar-refractivity contribution is 0.234. The zero-order valence-corrected chi connectivity index (χ0v) is 62.9. The van der Waals surface area contributed by atoms with Gasteiger partial charge in [-0.05, 0) is 199 Å². The summed E-state index contributed by atoms with van der Waals surface area (Å²) in [6.07, 6.45) is 21.0. The van der Waals surface area contributed by atoms with Gasteiger partial charge in [-0.25, -0.2) is 42.5 Å². The van der Waals surface area contributed by atoms with Gasteiger partial charge in [-0.2, -0.15) is 30.6 Å². The quantitative estimate of drug-likeness (QED) is 0.0710. The molecule has 97 heavy (non-hydrogen) atoms. The van der Waals surface area contributed by atoms with Crippen LogP contribution in [-0.4, -0.2) is 150 Å². The predicted molar refractivity (Wildman–Crippen MR) is 401 cm³/mol. The summed E-state index contributed by atoms with van der Waals surface area (Å²) >= 11 is 14.9. The zero-order chi connectivity index (χ0) is 69.0. The maximum Gasteiger partial charge on any atom is 0.369 e. The van der Waals surface area contributed by atoms with Crippen LogP contribution in [0.2, 0.25) is 0 Å². The highest BCUT2D eigenvalue weighted by Gasteiger charge is 2.25. The number of phenols is 1. The van der Waals surface area contributed by atoms with E-state index in [-0.39, 0.29) is 8.93 Å². The fourth-order valence-electron chi connectivity index (χ4n) is 12.9. The molecule has 25 heteroatoms. The van der Waals surface area contributed by atoms with Crippen LogP contribution >= 0.6 is 58.9 Å². The molecule has 0 amide bonds. The Hall–Kier alpha value is -7.74. The number of aromatic nitrogens is 15. The van der Waals surface area contributed by atoms with Gasteiger partial charge in [0.25, 0.3) is 0 Å². The Morgan fingerprint density at radius 1 is 0.526 bits per heavy atom. The van der Waals surface area contributed by atoms with Crippen molar-refractivity contribution >= 4 is 79.0 Å².